The van der Waals surface area contributed by atoms with E-state index in [0.29, 0.717) is 13.2 Å². The van der Waals surface area contributed by atoms with Crippen molar-refractivity contribution in [2.75, 3.05) is 6.61 Å². The summed E-state index contributed by atoms with van der Waals surface area (Å²) in [5.41, 5.74) is 5.28. The first kappa shape index (κ1) is 13.6. The fraction of sp³-hybridized carbons (Fsp3) is 0.583. The van der Waals surface area contributed by atoms with Gasteiger partial charge in [-0.05, 0) is 25.0 Å². The van der Waals surface area contributed by atoms with Crippen LogP contribution in [0.25, 0.3) is 0 Å². The van der Waals surface area contributed by atoms with Crippen LogP contribution in [0.1, 0.15) is 32.4 Å². The Balaban J connectivity index is 2.16. The lowest BCUT2D eigenvalue weighted by molar-refractivity contribution is 0.0988. The van der Waals surface area contributed by atoms with E-state index >= 15 is 0 Å². The summed E-state index contributed by atoms with van der Waals surface area (Å²) in [6, 6.07) is 3.71. The Morgan fingerprint density at radius 3 is 2.94 bits per heavy atom. The Morgan fingerprint density at radius 2 is 2.35 bits per heavy atom. The quantitative estimate of drug-likeness (QED) is 0.252. The Labute approximate surface area is 101 Å². The van der Waals surface area contributed by atoms with Crippen LogP contribution in [0.5, 0.6) is 0 Å². The molecule has 1 aromatic heterocycles. The number of hydrogen-bond acceptors (Lipinski definition) is 4. The molecule has 0 aliphatic heterocycles. The van der Waals surface area contributed by atoms with E-state index in [2.05, 4.69) is 5.16 Å². The SMILES string of the molecule is CC(C)(CCCOCc1ccco1)C(N)=NO. The second-order valence-electron chi connectivity index (χ2n) is 4.60. The predicted molar refractivity (Wildman–Crippen MR) is 64.8 cm³/mol. The van der Waals surface area contributed by atoms with Gasteiger partial charge in [0, 0.05) is 12.0 Å². The third kappa shape index (κ3) is 4.48. The van der Waals surface area contributed by atoms with Crippen LogP contribution in [0.4, 0.5) is 0 Å². The van der Waals surface area contributed by atoms with Crippen LogP contribution >= 0.6 is 0 Å². The van der Waals surface area contributed by atoms with Gasteiger partial charge in [-0.2, -0.15) is 0 Å². The van der Waals surface area contributed by atoms with Crippen LogP contribution in [0.15, 0.2) is 28.0 Å². The van der Waals surface area contributed by atoms with Crippen molar-refractivity contribution >= 4 is 5.84 Å². The molecule has 0 bridgehead atoms. The van der Waals surface area contributed by atoms with Gasteiger partial charge in [0.05, 0.1) is 6.26 Å². The fourth-order valence-corrected chi connectivity index (χ4v) is 1.45. The number of oxime groups is 1. The molecule has 1 heterocycles. The molecular formula is C12H20N2O3. The molecule has 0 aliphatic rings. The fourth-order valence-electron chi connectivity index (χ4n) is 1.45. The van der Waals surface area contributed by atoms with Gasteiger partial charge < -0.3 is 20.1 Å². The Bertz CT molecular complexity index is 345. The zero-order valence-corrected chi connectivity index (χ0v) is 10.3. The molecule has 5 nitrogen and oxygen atoms in total. The minimum absolute atomic E-state index is 0.253. The van der Waals surface area contributed by atoms with E-state index in [9.17, 15) is 0 Å². The van der Waals surface area contributed by atoms with Crippen LogP contribution < -0.4 is 5.73 Å². The number of nitrogens with two attached hydrogens (primary N) is 1. The molecule has 0 aliphatic carbocycles. The molecule has 0 aromatic carbocycles. The highest BCUT2D eigenvalue weighted by Crippen LogP contribution is 2.22. The van der Waals surface area contributed by atoms with Gasteiger partial charge in [-0.1, -0.05) is 19.0 Å². The molecular weight excluding hydrogens is 220 g/mol. The monoisotopic (exact) mass is 240 g/mol. The van der Waals surface area contributed by atoms with Crippen molar-refractivity contribution in [1.82, 2.24) is 0 Å². The largest absolute Gasteiger partial charge is 0.467 e. The Morgan fingerprint density at radius 1 is 1.59 bits per heavy atom. The average molecular weight is 240 g/mol. The van der Waals surface area contributed by atoms with Crippen LogP contribution in [0.3, 0.4) is 0 Å². The van der Waals surface area contributed by atoms with Crippen LogP contribution in [0.2, 0.25) is 0 Å². The van der Waals surface area contributed by atoms with Crippen LogP contribution in [-0.2, 0) is 11.3 Å². The van der Waals surface area contributed by atoms with Gasteiger partial charge in [0.2, 0.25) is 0 Å². The second-order valence-corrected chi connectivity index (χ2v) is 4.60. The second kappa shape index (κ2) is 6.30. The van der Waals surface area contributed by atoms with Crippen molar-refractivity contribution in [3.05, 3.63) is 24.2 Å². The van der Waals surface area contributed by atoms with Gasteiger partial charge in [-0.25, -0.2) is 0 Å². The lowest BCUT2D eigenvalue weighted by atomic mass is 9.87. The zero-order chi connectivity index (χ0) is 12.7. The number of hydrogen-bond donors (Lipinski definition) is 2. The molecule has 0 radical (unpaired) electrons. The topological polar surface area (TPSA) is 81.0 Å². The van der Waals surface area contributed by atoms with Gasteiger partial charge >= 0.3 is 0 Å². The van der Waals surface area contributed by atoms with Crippen molar-refractivity contribution in [2.24, 2.45) is 16.3 Å². The average Bonchev–Trinajstić information content (AvgIpc) is 2.80. The zero-order valence-electron chi connectivity index (χ0n) is 10.3. The summed E-state index contributed by atoms with van der Waals surface area (Å²) in [7, 11) is 0. The van der Waals surface area contributed by atoms with Gasteiger partial charge in [0.25, 0.3) is 0 Å². The first-order chi connectivity index (χ1) is 8.06. The van der Waals surface area contributed by atoms with Crippen molar-refractivity contribution in [3.8, 4) is 0 Å². The lowest BCUT2D eigenvalue weighted by Crippen LogP contribution is -2.32. The van der Waals surface area contributed by atoms with Crippen LogP contribution in [-0.4, -0.2) is 17.6 Å². The molecule has 17 heavy (non-hydrogen) atoms. The number of nitrogens with zero attached hydrogens (tertiary/aromatic N) is 1. The molecule has 0 amide bonds. The molecule has 96 valence electrons. The molecule has 0 unspecified atom stereocenters. The van der Waals surface area contributed by atoms with Gasteiger partial charge in [-0.3, -0.25) is 0 Å². The van der Waals surface area contributed by atoms with E-state index in [1.807, 2.05) is 26.0 Å². The summed E-state index contributed by atoms with van der Waals surface area (Å²) >= 11 is 0. The van der Waals surface area contributed by atoms with E-state index in [0.717, 1.165) is 18.6 Å². The summed E-state index contributed by atoms with van der Waals surface area (Å²) < 4.78 is 10.6. The third-order valence-corrected chi connectivity index (χ3v) is 2.72. The van der Waals surface area contributed by atoms with Crippen molar-refractivity contribution < 1.29 is 14.4 Å². The first-order valence-electron chi connectivity index (χ1n) is 5.64. The number of rotatable bonds is 7. The van der Waals surface area contributed by atoms with E-state index in [1.165, 1.54) is 0 Å². The number of ether oxygens (including phenoxy) is 1. The van der Waals surface area contributed by atoms with E-state index in [1.54, 1.807) is 6.26 Å². The molecule has 1 aromatic rings. The summed E-state index contributed by atoms with van der Waals surface area (Å²) in [4.78, 5) is 0. The van der Waals surface area contributed by atoms with E-state index in [4.69, 9.17) is 20.1 Å². The lowest BCUT2D eigenvalue weighted by Gasteiger charge is -2.22. The first-order valence-corrected chi connectivity index (χ1v) is 5.64. The maximum absolute atomic E-state index is 8.62. The van der Waals surface area contributed by atoms with E-state index < -0.39 is 0 Å². The molecule has 5 heteroatoms. The van der Waals surface area contributed by atoms with Crippen LogP contribution in [0, 0.1) is 5.41 Å². The van der Waals surface area contributed by atoms with Gasteiger partial charge in [0.15, 0.2) is 0 Å². The standard InChI is InChI=1S/C12H20N2O3/c1-12(2,11(13)14-15)6-4-7-16-9-10-5-3-8-17-10/h3,5,8,15H,4,6-7,9H2,1-2H3,(H2,13,14). The molecule has 1 rings (SSSR count). The molecule has 3 N–H and O–H groups in total. The van der Waals surface area contributed by atoms with Gasteiger partial charge in [-0.15, -0.1) is 0 Å². The van der Waals surface area contributed by atoms with Gasteiger partial charge in [0.1, 0.15) is 18.2 Å². The Hall–Kier alpha value is -1.49. The van der Waals surface area contributed by atoms with E-state index in [-0.39, 0.29) is 11.3 Å². The highest BCUT2D eigenvalue weighted by atomic mass is 16.5. The molecule has 0 saturated carbocycles. The summed E-state index contributed by atoms with van der Waals surface area (Å²) in [5.74, 6) is 1.07. The van der Waals surface area contributed by atoms with Crippen molar-refractivity contribution in [1.29, 1.82) is 0 Å². The molecule has 0 fully saturated rings. The number of furan rings is 1. The minimum atomic E-state index is -0.303. The normalized spacial score (nSPS) is 12.9. The molecule has 0 spiro atoms. The summed E-state index contributed by atoms with van der Waals surface area (Å²) in [6.45, 7) is 4.99. The van der Waals surface area contributed by atoms with Crippen molar-refractivity contribution in [2.45, 2.75) is 33.3 Å². The highest BCUT2D eigenvalue weighted by Gasteiger charge is 2.22. The Kier molecular flexibility index (Phi) is 5.03. The minimum Gasteiger partial charge on any atom is -0.467 e. The molecule has 0 atom stereocenters. The maximum Gasteiger partial charge on any atom is 0.144 e. The summed E-state index contributed by atoms with van der Waals surface area (Å²) in [5, 5.41) is 11.7. The highest BCUT2D eigenvalue weighted by molar-refractivity contribution is 5.85. The maximum atomic E-state index is 8.62. The summed E-state index contributed by atoms with van der Waals surface area (Å²) in [6.07, 6.45) is 3.28. The smallest absolute Gasteiger partial charge is 0.144 e. The molecule has 0 saturated heterocycles. The van der Waals surface area contributed by atoms with Crippen molar-refractivity contribution in [3.63, 3.8) is 0 Å². The third-order valence-electron chi connectivity index (χ3n) is 2.72. The number of amidine groups is 1. The predicted octanol–water partition coefficient (Wildman–Crippen LogP) is 2.35.